The van der Waals surface area contributed by atoms with E-state index in [1.165, 1.54) is 16.9 Å². The number of morpholine rings is 1. The summed E-state index contributed by atoms with van der Waals surface area (Å²) in [6.45, 7) is 10.7. The van der Waals surface area contributed by atoms with E-state index in [-0.39, 0.29) is 5.41 Å². The fourth-order valence-electron chi connectivity index (χ4n) is 3.69. The number of rotatable bonds is 6. The van der Waals surface area contributed by atoms with Crippen LogP contribution in [0, 0.1) is 0 Å². The molecule has 3 aromatic rings. The Balaban J connectivity index is 1.55. The minimum absolute atomic E-state index is 0.0942. The molecule has 1 aliphatic heterocycles. The van der Waals surface area contributed by atoms with Gasteiger partial charge in [-0.2, -0.15) is 0 Å². The maximum Gasteiger partial charge on any atom is 0.251 e. The van der Waals surface area contributed by atoms with Gasteiger partial charge in [0, 0.05) is 24.5 Å². The molecule has 0 unspecified atom stereocenters. The number of aromatic nitrogens is 1. The van der Waals surface area contributed by atoms with Crippen molar-refractivity contribution in [1.82, 2.24) is 9.88 Å². The van der Waals surface area contributed by atoms with Gasteiger partial charge in [0.15, 0.2) is 0 Å². The van der Waals surface area contributed by atoms with Crippen LogP contribution in [0.4, 0.5) is 10.8 Å². The number of thiophene rings is 1. The largest absolute Gasteiger partial charge is 0.379 e. The van der Waals surface area contributed by atoms with Gasteiger partial charge in [0.25, 0.3) is 5.91 Å². The van der Waals surface area contributed by atoms with Gasteiger partial charge >= 0.3 is 0 Å². The Kier molecular flexibility index (Phi) is 6.60. The van der Waals surface area contributed by atoms with Crippen LogP contribution in [0.1, 0.15) is 42.4 Å². The first kappa shape index (κ1) is 22.5. The first-order valence-electron chi connectivity index (χ1n) is 10.9. The number of carbonyl (C=O) groups is 1. The minimum atomic E-state index is -0.453. The van der Waals surface area contributed by atoms with Crippen molar-refractivity contribution in [3.05, 3.63) is 65.4 Å². The fraction of sp³-hybridized carbons (Fsp3) is 0.360. The number of hydrogen-bond acceptors (Lipinski definition) is 6. The monoisotopic (exact) mass is 450 g/mol. The van der Waals surface area contributed by atoms with Crippen LogP contribution in [0.5, 0.6) is 0 Å². The Morgan fingerprint density at radius 3 is 2.53 bits per heavy atom. The van der Waals surface area contributed by atoms with E-state index in [0.29, 0.717) is 16.4 Å². The van der Waals surface area contributed by atoms with E-state index >= 15 is 0 Å². The molecule has 0 bridgehead atoms. The van der Waals surface area contributed by atoms with Crippen molar-refractivity contribution in [2.45, 2.75) is 32.7 Å². The van der Waals surface area contributed by atoms with Crippen molar-refractivity contribution in [2.24, 2.45) is 5.73 Å². The summed E-state index contributed by atoms with van der Waals surface area (Å²) in [6, 6.07) is 16.3. The number of anilines is 2. The third kappa shape index (κ3) is 5.35. The number of nitrogens with zero attached hydrogens (tertiary/aromatic N) is 2. The number of benzene rings is 1. The van der Waals surface area contributed by atoms with E-state index in [1.54, 1.807) is 0 Å². The quantitative estimate of drug-likeness (QED) is 0.565. The molecule has 1 aromatic carbocycles. The van der Waals surface area contributed by atoms with Crippen LogP contribution >= 0.6 is 11.3 Å². The fourth-order valence-corrected chi connectivity index (χ4v) is 4.76. The topological polar surface area (TPSA) is 80.5 Å². The van der Waals surface area contributed by atoms with Gasteiger partial charge in [-0.05, 0) is 34.7 Å². The molecular weight excluding hydrogens is 420 g/mol. The van der Waals surface area contributed by atoms with Crippen LogP contribution < -0.4 is 11.1 Å². The highest BCUT2D eigenvalue weighted by atomic mass is 32.1. The Bertz CT molecular complexity index is 1080. The normalized spacial score (nSPS) is 15.0. The van der Waals surface area contributed by atoms with Crippen molar-refractivity contribution in [3.8, 4) is 10.4 Å². The van der Waals surface area contributed by atoms with Crippen molar-refractivity contribution in [3.63, 3.8) is 0 Å². The number of ether oxygens (including phenoxy) is 1. The van der Waals surface area contributed by atoms with Gasteiger partial charge in [-0.1, -0.05) is 51.1 Å². The molecule has 3 heterocycles. The van der Waals surface area contributed by atoms with Crippen LogP contribution in [0.25, 0.3) is 10.4 Å². The second kappa shape index (κ2) is 9.40. The number of primary amides is 1. The third-order valence-corrected chi connectivity index (χ3v) is 6.67. The molecule has 2 aromatic heterocycles. The molecule has 1 aliphatic rings. The third-order valence-electron chi connectivity index (χ3n) is 5.57. The van der Waals surface area contributed by atoms with Crippen LogP contribution in [0.2, 0.25) is 0 Å². The summed E-state index contributed by atoms with van der Waals surface area (Å²) in [5, 5.41) is 4.03. The summed E-state index contributed by atoms with van der Waals surface area (Å²) in [5.41, 5.74) is 9.57. The predicted octanol–water partition coefficient (Wildman–Crippen LogP) is 4.78. The van der Waals surface area contributed by atoms with Gasteiger partial charge in [0.1, 0.15) is 10.8 Å². The van der Waals surface area contributed by atoms with E-state index < -0.39 is 5.91 Å². The van der Waals surface area contributed by atoms with Crippen LogP contribution in [0.3, 0.4) is 0 Å². The highest BCUT2D eigenvalue weighted by molar-refractivity contribution is 7.19. The lowest BCUT2D eigenvalue weighted by Gasteiger charge is -2.26. The van der Waals surface area contributed by atoms with Crippen LogP contribution in [-0.2, 0) is 16.7 Å². The molecule has 0 saturated carbocycles. The summed E-state index contributed by atoms with van der Waals surface area (Å²) in [7, 11) is 0. The first-order chi connectivity index (χ1) is 15.3. The SMILES string of the molecule is CC(C)(C)c1ccc(-c2cc(C(N)=O)c(Nc3cccc(CN4CCOCC4)n3)s2)cc1. The van der Waals surface area contributed by atoms with E-state index in [9.17, 15) is 4.79 Å². The molecule has 0 atom stereocenters. The number of amides is 1. The van der Waals surface area contributed by atoms with Gasteiger partial charge in [0.2, 0.25) is 0 Å². The van der Waals surface area contributed by atoms with E-state index in [2.05, 4.69) is 55.3 Å². The van der Waals surface area contributed by atoms with Gasteiger partial charge < -0.3 is 15.8 Å². The molecular formula is C25H30N4O2S. The minimum Gasteiger partial charge on any atom is -0.379 e. The zero-order valence-corrected chi connectivity index (χ0v) is 19.7. The summed E-state index contributed by atoms with van der Waals surface area (Å²) in [6.07, 6.45) is 0. The zero-order chi connectivity index (χ0) is 22.7. The lowest BCUT2D eigenvalue weighted by molar-refractivity contribution is 0.0337. The lowest BCUT2D eigenvalue weighted by atomic mass is 9.86. The molecule has 1 fully saturated rings. The Morgan fingerprint density at radius 2 is 1.88 bits per heavy atom. The van der Waals surface area contributed by atoms with Crippen molar-refractivity contribution < 1.29 is 9.53 Å². The number of hydrogen-bond donors (Lipinski definition) is 2. The van der Waals surface area contributed by atoms with E-state index in [0.717, 1.165) is 49.0 Å². The molecule has 0 radical (unpaired) electrons. The Morgan fingerprint density at radius 1 is 1.16 bits per heavy atom. The lowest BCUT2D eigenvalue weighted by Crippen LogP contribution is -2.35. The van der Waals surface area contributed by atoms with Gasteiger partial charge in [-0.15, -0.1) is 11.3 Å². The van der Waals surface area contributed by atoms with Crippen molar-refractivity contribution in [1.29, 1.82) is 0 Å². The van der Waals surface area contributed by atoms with E-state index in [1.807, 2.05) is 24.3 Å². The molecule has 7 heteroatoms. The standard InChI is InChI=1S/C25H30N4O2S/c1-25(2,3)18-9-7-17(8-10-18)21-15-20(23(26)30)24(32-21)28-22-6-4-5-19(27-22)16-29-11-13-31-14-12-29/h4-10,15H,11-14,16H2,1-3H3,(H2,26,30)(H,27,28). The highest BCUT2D eigenvalue weighted by Crippen LogP contribution is 2.37. The number of pyridine rings is 1. The molecule has 32 heavy (non-hydrogen) atoms. The molecule has 168 valence electrons. The Labute approximate surface area is 193 Å². The summed E-state index contributed by atoms with van der Waals surface area (Å²) in [4.78, 5) is 20.2. The maximum atomic E-state index is 12.1. The van der Waals surface area contributed by atoms with Crippen LogP contribution in [-0.4, -0.2) is 42.1 Å². The maximum absolute atomic E-state index is 12.1. The zero-order valence-electron chi connectivity index (χ0n) is 18.9. The van der Waals surface area contributed by atoms with E-state index in [4.69, 9.17) is 15.5 Å². The molecule has 0 spiro atoms. The Hall–Kier alpha value is -2.74. The van der Waals surface area contributed by atoms with Gasteiger partial charge in [-0.25, -0.2) is 4.98 Å². The summed E-state index contributed by atoms with van der Waals surface area (Å²) in [5.74, 6) is 0.250. The predicted molar refractivity (Wildman–Crippen MR) is 131 cm³/mol. The second-order valence-corrected chi connectivity index (χ2v) is 10.1. The summed E-state index contributed by atoms with van der Waals surface area (Å²) < 4.78 is 5.42. The molecule has 3 N–H and O–H groups in total. The smallest absolute Gasteiger partial charge is 0.251 e. The second-order valence-electron chi connectivity index (χ2n) is 9.07. The number of carbonyl (C=O) groups excluding carboxylic acids is 1. The van der Waals surface area contributed by atoms with Crippen molar-refractivity contribution >= 4 is 28.1 Å². The average Bonchev–Trinajstić information content (AvgIpc) is 3.18. The van der Waals surface area contributed by atoms with Crippen LogP contribution in [0.15, 0.2) is 48.5 Å². The molecule has 1 amide bonds. The molecule has 4 rings (SSSR count). The first-order valence-corrected chi connectivity index (χ1v) is 11.7. The molecule has 1 saturated heterocycles. The summed E-state index contributed by atoms with van der Waals surface area (Å²) >= 11 is 1.51. The number of nitrogens with one attached hydrogen (secondary N) is 1. The van der Waals surface area contributed by atoms with Gasteiger partial charge in [-0.3, -0.25) is 9.69 Å². The van der Waals surface area contributed by atoms with Crippen molar-refractivity contribution in [2.75, 3.05) is 31.6 Å². The number of nitrogens with two attached hydrogens (primary N) is 1. The average molecular weight is 451 g/mol. The molecule has 6 nitrogen and oxygen atoms in total. The highest BCUT2D eigenvalue weighted by Gasteiger charge is 2.18. The van der Waals surface area contributed by atoms with Gasteiger partial charge in [0.05, 0.1) is 24.5 Å². The molecule has 0 aliphatic carbocycles.